The number of primary amides is 1. The maximum absolute atomic E-state index is 14.9. The first-order chi connectivity index (χ1) is 53.0. The number of benzene rings is 2. The molecule has 1 fully saturated rings. The molecule has 0 bridgehead atoms. The molecule has 33 heteroatoms. The van der Waals surface area contributed by atoms with E-state index in [-0.39, 0.29) is 69.2 Å². The van der Waals surface area contributed by atoms with Crippen LogP contribution < -0.4 is 92.5 Å². The average molecular weight is 1570 g/mol. The Balaban J connectivity index is 1.90. The normalized spacial score (nSPS) is 17.0. The minimum atomic E-state index is -1.39. The second-order valence-corrected chi connectivity index (χ2v) is 30.6. The van der Waals surface area contributed by atoms with Crippen molar-refractivity contribution in [2.45, 2.75) is 284 Å². The summed E-state index contributed by atoms with van der Waals surface area (Å²) in [5.74, 6) is -12.4. The van der Waals surface area contributed by atoms with Gasteiger partial charge < -0.3 is 102 Å². The molecule has 0 radical (unpaired) electrons. The van der Waals surface area contributed by atoms with Gasteiger partial charge in [0.1, 0.15) is 84.3 Å². The number of likely N-dealkylation sites (tertiary alicyclic amines) is 1. The van der Waals surface area contributed by atoms with Gasteiger partial charge in [0.05, 0.1) is 6.04 Å². The topological polar surface area (TPSA) is 537 Å². The third-order valence-electron chi connectivity index (χ3n) is 20.4. The second-order valence-electron chi connectivity index (χ2n) is 30.6. The number of nitrogens with one attached hydrogen (secondary N) is 12. The quantitative estimate of drug-likeness (QED) is 0.0390. The van der Waals surface area contributed by atoms with E-state index in [9.17, 15) is 72.2 Å². The van der Waals surface area contributed by atoms with Gasteiger partial charge in [-0.3, -0.25) is 67.1 Å². The number of hydrogen-bond acceptors (Lipinski definition) is 19. The number of carbonyl (C=O) groups is 14. The molecule has 14 amide bonds. The number of nitrogens with two attached hydrogens (primary N) is 5. The van der Waals surface area contributed by atoms with Gasteiger partial charge in [-0.2, -0.15) is 0 Å². The van der Waals surface area contributed by atoms with Crippen molar-refractivity contribution in [3.63, 3.8) is 0 Å². The highest BCUT2D eigenvalue weighted by Crippen LogP contribution is 2.22. The van der Waals surface area contributed by atoms with Crippen LogP contribution in [0.4, 0.5) is 0 Å². The molecule has 2 aromatic carbocycles. The number of aromatic hydroxyl groups is 1. The van der Waals surface area contributed by atoms with Gasteiger partial charge in [0, 0.05) is 19.4 Å². The van der Waals surface area contributed by atoms with Crippen LogP contribution in [0.1, 0.15) is 197 Å². The molecule has 1 aliphatic heterocycles. The molecular weight excluding hydrogens is 1440 g/mol. The number of amides is 14. The van der Waals surface area contributed by atoms with Crippen molar-refractivity contribution in [2.75, 3.05) is 26.2 Å². The summed E-state index contributed by atoms with van der Waals surface area (Å²) in [7, 11) is 0. The summed E-state index contributed by atoms with van der Waals surface area (Å²) in [4.78, 5) is 199. The lowest BCUT2D eigenvalue weighted by Gasteiger charge is -2.32. The molecule has 0 saturated carbocycles. The van der Waals surface area contributed by atoms with Crippen molar-refractivity contribution >= 4 is 82.7 Å². The van der Waals surface area contributed by atoms with E-state index in [0.717, 1.165) is 0 Å². The fraction of sp³-hybridized carbons (Fsp3) is 0.671. The molecule has 0 aliphatic carbocycles. The second kappa shape index (κ2) is 49.9. The lowest BCUT2D eigenvalue weighted by atomic mass is 9.94. The van der Waals surface area contributed by atoms with Crippen LogP contribution in [0.25, 0.3) is 0 Å². The Kier molecular flexibility index (Phi) is 43.2. The van der Waals surface area contributed by atoms with Gasteiger partial charge in [-0.05, 0) is 170 Å². The van der Waals surface area contributed by atoms with Gasteiger partial charge >= 0.3 is 0 Å². The van der Waals surface area contributed by atoms with E-state index in [1.807, 2.05) is 13.8 Å². The predicted molar refractivity (Wildman–Crippen MR) is 425 cm³/mol. The van der Waals surface area contributed by atoms with E-state index in [1.165, 1.54) is 37.8 Å². The maximum Gasteiger partial charge on any atom is 0.243 e. The molecular formula is C79H132N18O15. The summed E-state index contributed by atoms with van der Waals surface area (Å²) >= 11 is 0. The Morgan fingerprint density at radius 2 is 0.777 bits per heavy atom. The molecule has 112 heavy (non-hydrogen) atoms. The highest BCUT2D eigenvalue weighted by Gasteiger charge is 2.41. The van der Waals surface area contributed by atoms with Crippen LogP contribution in [0.3, 0.4) is 0 Å². The van der Waals surface area contributed by atoms with E-state index >= 15 is 0 Å². The summed E-state index contributed by atoms with van der Waals surface area (Å²) in [6.45, 7) is 23.0. The summed E-state index contributed by atoms with van der Waals surface area (Å²) in [6.07, 6.45) is 4.75. The zero-order valence-corrected chi connectivity index (χ0v) is 68.0. The first-order valence-corrected chi connectivity index (χ1v) is 39.9. The molecule has 33 nitrogen and oxygen atoms in total. The smallest absolute Gasteiger partial charge is 0.243 e. The van der Waals surface area contributed by atoms with Crippen LogP contribution in [0, 0.1) is 29.6 Å². The van der Waals surface area contributed by atoms with E-state index < -0.39 is 185 Å². The molecule has 23 N–H and O–H groups in total. The van der Waals surface area contributed by atoms with Gasteiger partial charge in [-0.25, -0.2) is 0 Å². The number of carbonyl (C=O) groups excluding carboxylic acids is 14. The Hall–Kier alpha value is -9.34. The summed E-state index contributed by atoms with van der Waals surface area (Å²) in [5, 5.41) is 42.9. The minimum Gasteiger partial charge on any atom is -0.508 e. The monoisotopic (exact) mass is 1570 g/mol. The first-order valence-electron chi connectivity index (χ1n) is 39.9. The number of unbranched alkanes of at least 4 members (excludes halogenated alkanes) is 3. The van der Waals surface area contributed by atoms with E-state index in [4.69, 9.17) is 28.7 Å². The zero-order chi connectivity index (χ0) is 84.1. The first kappa shape index (κ1) is 96.9. The van der Waals surface area contributed by atoms with Gasteiger partial charge in [0.2, 0.25) is 82.7 Å². The van der Waals surface area contributed by atoms with E-state index in [0.29, 0.717) is 94.8 Å². The summed E-state index contributed by atoms with van der Waals surface area (Å²) in [6, 6.07) is -2.27. The molecule has 2 aromatic rings. The van der Waals surface area contributed by atoms with Crippen molar-refractivity contribution in [1.29, 1.82) is 0 Å². The molecule has 628 valence electrons. The highest BCUT2D eigenvalue weighted by molar-refractivity contribution is 6.00. The summed E-state index contributed by atoms with van der Waals surface area (Å²) in [5.41, 5.74) is 30.3. The van der Waals surface area contributed by atoms with E-state index in [1.54, 1.807) is 97.9 Å². The number of phenols is 1. The van der Waals surface area contributed by atoms with Crippen LogP contribution in [0.2, 0.25) is 0 Å². The number of rotatable bonds is 51. The minimum absolute atomic E-state index is 0.0146. The lowest BCUT2D eigenvalue weighted by molar-refractivity contribution is -0.140. The molecule has 17 atom stereocenters. The van der Waals surface area contributed by atoms with Crippen molar-refractivity contribution in [1.82, 2.24) is 68.7 Å². The molecule has 0 spiro atoms. The molecule has 1 aliphatic rings. The Labute approximate surface area is 660 Å². The standard InChI is InChI=1S/C79H132N18O15/c1-14-46(8)63(66(84)99)94-74(107)60(43-53-33-35-54(98)36-34-53)91-68(101)51(13)86-72(105)58(41-44(4)5)90-67(100)50(12)85-69(102)55(29-20-23-37-80)87-70(103)56(30-21-24-38-81)88-73(106)59(42-52-27-18-17-19-28-52)92-77(110)64(47(9)15-2)96-76(109)62(45(6)7)93-78(111)65(48(10)16-3)95-71(104)57(31-22-25-39-82)89-75(108)61-32-26-40-97(61)79(112)49(11)83/h17-19,27-28,33-36,44-51,55-65,98H,14-16,20-26,29-32,37-43,80-83H2,1-13H3,(H2,84,99)(H,85,102)(H,86,105)(H,87,103)(H,88,106)(H,89,108)(H,90,100)(H,91,101)(H,92,110)(H,93,111)(H,94,107)(H,95,104)(H,96,109)/t46-,47-,48-,49-,50-,51-,55-,56-,57-,58-,59-,60-,61-,62-,63-,64-,65-/m0/s1. The zero-order valence-electron chi connectivity index (χ0n) is 68.0. The Morgan fingerprint density at radius 3 is 1.22 bits per heavy atom. The van der Waals surface area contributed by atoms with Gasteiger partial charge in [-0.15, -0.1) is 0 Å². The number of phenolic OH excluding ortho intramolecular Hbond substituents is 1. The predicted octanol–water partition coefficient (Wildman–Crippen LogP) is 0.0857. The van der Waals surface area contributed by atoms with Gasteiger partial charge in [-0.1, -0.05) is 131 Å². The van der Waals surface area contributed by atoms with Crippen LogP contribution in [0.15, 0.2) is 54.6 Å². The van der Waals surface area contributed by atoms with Crippen LogP contribution >= 0.6 is 0 Å². The number of hydrogen-bond donors (Lipinski definition) is 18. The molecule has 3 rings (SSSR count). The molecule has 1 saturated heterocycles. The third kappa shape index (κ3) is 32.4. The Morgan fingerprint density at radius 1 is 0.420 bits per heavy atom. The van der Waals surface area contributed by atoms with Crippen LogP contribution in [-0.2, 0) is 80.0 Å². The number of nitrogens with zero attached hydrogens (tertiary/aromatic N) is 1. The molecule has 0 unspecified atom stereocenters. The Bertz CT molecular complexity index is 3380. The van der Waals surface area contributed by atoms with Crippen LogP contribution in [-0.4, -0.2) is 203 Å². The molecule has 1 heterocycles. The largest absolute Gasteiger partial charge is 0.508 e. The lowest BCUT2D eigenvalue weighted by Crippen LogP contribution is -2.62. The fourth-order valence-electron chi connectivity index (χ4n) is 12.8. The molecule has 0 aromatic heterocycles. The average Bonchev–Trinajstić information content (AvgIpc) is 1.43. The van der Waals surface area contributed by atoms with Gasteiger partial charge in [0.25, 0.3) is 0 Å². The van der Waals surface area contributed by atoms with Crippen LogP contribution in [0.5, 0.6) is 5.75 Å². The van der Waals surface area contributed by atoms with Crippen molar-refractivity contribution < 1.29 is 72.2 Å². The van der Waals surface area contributed by atoms with E-state index in [2.05, 4.69) is 63.8 Å². The van der Waals surface area contributed by atoms with Crippen molar-refractivity contribution in [3.8, 4) is 5.75 Å². The fourth-order valence-corrected chi connectivity index (χ4v) is 12.8. The van der Waals surface area contributed by atoms with Gasteiger partial charge in [0.15, 0.2) is 0 Å². The maximum atomic E-state index is 14.9. The third-order valence-corrected chi connectivity index (χ3v) is 20.4. The SMILES string of the molecule is CC[C@H](C)[C@H](NC(=O)[C@H](Cc1ccc(O)cc1)NC(=O)[C@H](C)NC(=O)[C@H](CC(C)C)NC(=O)[C@H](C)NC(=O)[C@H](CCCCN)NC(=O)[C@H](CCCCN)NC(=O)[C@H](Cc1ccccc1)NC(=O)[C@@H](NC(=O)[C@@H](NC(=O)[C@@H](NC(=O)[C@H](CCCCN)NC(=O)[C@@H]1CCCN1C(=O)[C@H](C)N)[C@@H](C)CC)C(C)C)[C@@H](C)CC)C(N)=O. The summed E-state index contributed by atoms with van der Waals surface area (Å²) < 4.78 is 0. The van der Waals surface area contributed by atoms with Crippen molar-refractivity contribution in [2.24, 2.45) is 58.3 Å². The van der Waals surface area contributed by atoms with Crippen molar-refractivity contribution in [3.05, 3.63) is 65.7 Å². The highest BCUT2D eigenvalue weighted by atomic mass is 16.3.